The van der Waals surface area contributed by atoms with Crippen molar-refractivity contribution in [3.63, 3.8) is 0 Å². The molecule has 1 heterocycles. The molecule has 0 bridgehead atoms. The zero-order chi connectivity index (χ0) is 22.4. The fraction of sp³-hybridized carbons (Fsp3) is 0.500. The Kier molecular flexibility index (Phi) is 8.09. The zero-order valence-electron chi connectivity index (χ0n) is 19.4. The summed E-state index contributed by atoms with van der Waals surface area (Å²) in [4.78, 5) is 29.6. The molecule has 0 radical (unpaired) electrons. The highest BCUT2D eigenvalue weighted by Gasteiger charge is 2.25. The number of carbonyl (C=O) groups excluding carboxylic acids is 2. The van der Waals surface area contributed by atoms with Crippen molar-refractivity contribution in [3.8, 4) is 0 Å². The van der Waals surface area contributed by atoms with Crippen LogP contribution in [0.5, 0.6) is 0 Å². The van der Waals surface area contributed by atoms with Crippen molar-refractivity contribution in [1.29, 1.82) is 0 Å². The molecule has 1 aromatic heterocycles. The van der Waals surface area contributed by atoms with Gasteiger partial charge in [-0.3, -0.25) is 4.79 Å². The van der Waals surface area contributed by atoms with Gasteiger partial charge >= 0.3 is 6.03 Å². The number of nitrogens with zero attached hydrogens (tertiary/aromatic N) is 3. The molecule has 0 fully saturated rings. The molecule has 2 aromatic rings. The Morgan fingerprint density at radius 2 is 1.80 bits per heavy atom. The molecule has 30 heavy (non-hydrogen) atoms. The van der Waals surface area contributed by atoms with Gasteiger partial charge in [-0.2, -0.15) is 0 Å². The van der Waals surface area contributed by atoms with Crippen LogP contribution in [0.15, 0.2) is 36.5 Å². The monoisotopic (exact) mass is 412 g/mol. The first kappa shape index (κ1) is 23.5. The van der Waals surface area contributed by atoms with Crippen LogP contribution in [0, 0.1) is 19.8 Å². The predicted octanol–water partition coefficient (Wildman–Crippen LogP) is 4.57. The molecule has 0 aliphatic rings. The van der Waals surface area contributed by atoms with Crippen LogP contribution in [0.1, 0.15) is 44.5 Å². The Bertz CT molecular complexity index is 870. The van der Waals surface area contributed by atoms with Crippen LogP contribution in [-0.2, 0) is 18.4 Å². The van der Waals surface area contributed by atoms with Crippen molar-refractivity contribution < 1.29 is 9.59 Å². The largest absolute Gasteiger partial charge is 0.353 e. The summed E-state index contributed by atoms with van der Waals surface area (Å²) in [7, 11) is 1.98. The van der Waals surface area contributed by atoms with Gasteiger partial charge < -0.3 is 19.7 Å². The number of benzene rings is 1. The van der Waals surface area contributed by atoms with E-state index in [1.807, 2.05) is 80.7 Å². The fourth-order valence-electron chi connectivity index (χ4n) is 3.43. The third-order valence-corrected chi connectivity index (χ3v) is 5.16. The number of hydrogen-bond acceptors (Lipinski definition) is 2. The summed E-state index contributed by atoms with van der Waals surface area (Å²) in [5, 5.41) is 2.97. The Hall–Kier alpha value is -2.76. The van der Waals surface area contributed by atoms with E-state index in [9.17, 15) is 9.59 Å². The van der Waals surface area contributed by atoms with Crippen molar-refractivity contribution in [3.05, 3.63) is 53.3 Å². The summed E-state index contributed by atoms with van der Waals surface area (Å²) in [5.74, 6) is 0.292. The van der Waals surface area contributed by atoms with Gasteiger partial charge in [0.15, 0.2) is 0 Å². The Morgan fingerprint density at radius 1 is 1.10 bits per heavy atom. The summed E-state index contributed by atoms with van der Waals surface area (Å²) < 4.78 is 2.02. The van der Waals surface area contributed by atoms with E-state index in [0.717, 1.165) is 22.5 Å². The molecule has 6 nitrogen and oxygen atoms in total. The summed E-state index contributed by atoms with van der Waals surface area (Å²) in [6.07, 6.45) is 1.98. The lowest BCUT2D eigenvalue weighted by atomic mass is 10.1. The van der Waals surface area contributed by atoms with E-state index in [4.69, 9.17) is 0 Å². The van der Waals surface area contributed by atoms with Gasteiger partial charge in [-0.25, -0.2) is 4.79 Å². The average molecular weight is 413 g/mol. The van der Waals surface area contributed by atoms with Crippen LogP contribution < -0.4 is 5.32 Å². The third kappa shape index (κ3) is 6.37. The number of anilines is 1. The van der Waals surface area contributed by atoms with Crippen LogP contribution in [0.3, 0.4) is 0 Å². The molecule has 0 unspecified atom stereocenters. The highest BCUT2D eigenvalue weighted by atomic mass is 16.2. The molecule has 6 heteroatoms. The molecule has 0 aliphatic carbocycles. The van der Waals surface area contributed by atoms with Gasteiger partial charge in [-0.15, -0.1) is 0 Å². The summed E-state index contributed by atoms with van der Waals surface area (Å²) in [5.41, 5.74) is 3.99. The molecule has 2 rings (SSSR count). The van der Waals surface area contributed by atoms with E-state index in [0.29, 0.717) is 19.0 Å². The van der Waals surface area contributed by atoms with Crippen LogP contribution in [0.25, 0.3) is 0 Å². The summed E-state index contributed by atoms with van der Waals surface area (Å²) in [6, 6.07) is 9.55. The third-order valence-electron chi connectivity index (χ3n) is 5.16. The van der Waals surface area contributed by atoms with E-state index in [-0.39, 0.29) is 24.5 Å². The molecule has 164 valence electrons. The minimum Gasteiger partial charge on any atom is -0.353 e. The molecule has 3 amide bonds. The molecule has 0 saturated carbocycles. The van der Waals surface area contributed by atoms with Crippen LogP contribution in [-0.4, -0.2) is 45.4 Å². The molecular formula is C24H36N4O2. The second-order valence-electron chi connectivity index (χ2n) is 8.75. The Morgan fingerprint density at radius 3 is 2.33 bits per heavy atom. The maximum absolute atomic E-state index is 13.2. The number of rotatable bonds is 8. The Labute approximate surface area is 180 Å². The maximum Gasteiger partial charge on any atom is 0.322 e. The van der Waals surface area contributed by atoms with Gasteiger partial charge in [0.25, 0.3) is 0 Å². The Balaban J connectivity index is 2.14. The van der Waals surface area contributed by atoms with Crippen molar-refractivity contribution in [1.82, 2.24) is 14.4 Å². The lowest BCUT2D eigenvalue weighted by Gasteiger charge is -2.31. The number of aromatic nitrogens is 1. The first-order valence-corrected chi connectivity index (χ1v) is 10.6. The van der Waals surface area contributed by atoms with Gasteiger partial charge in [-0.1, -0.05) is 31.5 Å². The molecule has 0 atom stereocenters. The average Bonchev–Trinajstić information content (AvgIpc) is 3.05. The van der Waals surface area contributed by atoms with Crippen molar-refractivity contribution in [2.24, 2.45) is 13.0 Å². The number of nitrogens with one attached hydrogen (secondary N) is 1. The number of aryl methyl sites for hydroxylation is 3. The first-order valence-electron chi connectivity index (χ1n) is 10.6. The molecule has 1 N–H and O–H groups in total. The SMILES string of the molecule is Cc1ccc(NC(=O)N(CC(=O)N(Cc2cccn2C)CC(C)C)C(C)C)c(C)c1. The van der Waals surface area contributed by atoms with E-state index < -0.39 is 0 Å². The van der Waals surface area contributed by atoms with E-state index >= 15 is 0 Å². The van der Waals surface area contributed by atoms with E-state index in [1.165, 1.54) is 0 Å². The quantitative estimate of drug-likeness (QED) is 0.690. The highest BCUT2D eigenvalue weighted by molar-refractivity contribution is 5.93. The van der Waals surface area contributed by atoms with Crippen molar-refractivity contribution >= 4 is 17.6 Å². The van der Waals surface area contributed by atoms with Gasteiger partial charge in [-0.05, 0) is 57.4 Å². The van der Waals surface area contributed by atoms with Gasteiger partial charge in [0.05, 0.1) is 6.54 Å². The standard InChI is InChI=1S/C24H36N4O2/c1-17(2)14-27(15-21-9-8-12-26(21)7)23(29)16-28(18(3)4)24(30)25-22-11-10-19(5)13-20(22)6/h8-13,17-18H,14-16H2,1-7H3,(H,25,30). The minimum absolute atomic E-state index is 0.0469. The van der Waals surface area contributed by atoms with Crippen molar-refractivity contribution in [2.75, 3.05) is 18.4 Å². The maximum atomic E-state index is 13.2. The van der Waals surface area contributed by atoms with Crippen LogP contribution in [0.4, 0.5) is 10.5 Å². The number of carbonyl (C=O) groups is 2. The number of urea groups is 1. The molecular weight excluding hydrogens is 376 g/mol. The lowest BCUT2D eigenvalue weighted by molar-refractivity contribution is -0.133. The van der Waals surface area contributed by atoms with Gasteiger partial charge in [0, 0.05) is 37.2 Å². The number of hydrogen-bond donors (Lipinski definition) is 1. The van der Waals surface area contributed by atoms with Crippen LogP contribution in [0.2, 0.25) is 0 Å². The topological polar surface area (TPSA) is 57.6 Å². The fourth-order valence-corrected chi connectivity index (χ4v) is 3.43. The highest BCUT2D eigenvalue weighted by Crippen LogP contribution is 2.17. The molecule has 0 spiro atoms. The predicted molar refractivity (Wildman–Crippen MR) is 122 cm³/mol. The van der Waals surface area contributed by atoms with E-state index in [1.54, 1.807) is 4.90 Å². The molecule has 1 aromatic carbocycles. The van der Waals surface area contributed by atoms with Gasteiger partial charge in [0.2, 0.25) is 5.91 Å². The number of amides is 3. The minimum atomic E-state index is -0.256. The lowest BCUT2D eigenvalue weighted by Crippen LogP contribution is -2.48. The van der Waals surface area contributed by atoms with Crippen molar-refractivity contribution in [2.45, 2.75) is 54.1 Å². The molecule has 0 aliphatic heterocycles. The summed E-state index contributed by atoms with van der Waals surface area (Å²) >= 11 is 0. The van der Waals surface area contributed by atoms with Gasteiger partial charge in [0.1, 0.15) is 6.54 Å². The second-order valence-corrected chi connectivity index (χ2v) is 8.75. The normalized spacial score (nSPS) is 11.1. The molecule has 0 saturated heterocycles. The van der Waals surface area contributed by atoms with Crippen LogP contribution >= 0.6 is 0 Å². The first-order chi connectivity index (χ1) is 14.1. The van der Waals surface area contributed by atoms with E-state index in [2.05, 4.69) is 19.2 Å². The second kappa shape index (κ2) is 10.3. The zero-order valence-corrected chi connectivity index (χ0v) is 19.4. The summed E-state index contributed by atoms with van der Waals surface area (Å²) in [6.45, 7) is 13.3. The smallest absolute Gasteiger partial charge is 0.322 e.